The van der Waals surface area contributed by atoms with Crippen LogP contribution in [0.2, 0.25) is 0 Å². The van der Waals surface area contributed by atoms with Crippen LogP contribution < -0.4 is 0 Å². The summed E-state index contributed by atoms with van der Waals surface area (Å²) in [5.74, 6) is -1.56. The number of hydrogen-bond acceptors (Lipinski definition) is 1. The molecule has 16 heavy (non-hydrogen) atoms. The first-order chi connectivity index (χ1) is 7.29. The largest absolute Gasteiger partial charge is 0.478 e. The molecule has 6 heteroatoms. The van der Waals surface area contributed by atoms with Gasteiger partial charge in [-0.3, -0.25) is 0 Å². The number of rotatable bonds is 3. The average Bonchev–Trinajstić information content (AvgIpc) is 2.59. The minimum Gasteiger partial charge on any atom is -0.478 e. The second-order valence-electron chi connectivity index (χ2n) is 3.55. The molecule has 0 amide bonds. The van der Waals surface area contributed by atoms with Gasteiger partial charge in [0.1, 0.15) is 5.69 Å². The Kier molecular flexibility index (Phi) is 3.30. The van der Waals surface area contributed by atoms with Gasteiger partial charge in [0.2, 0.25) is 0 Å². The Morgan fingerprint density at radius 1 is 1.56 bits per heavy atom. The van der Waals surface area contributed by atoms with E-state index in [9.17, 15) is 18.0 Å². The molecule has 0 saturated carbocycles. The van der Waals surface area contributed by atoms with Gasteiger partial charge >= 0.3 is 12.1 Å². The van der Waals surface area contributed by atoms with Crippen LogP contribution in [-0.2, 0) is 6.18 Å². The number of halogens is 3. The fourth-order valence-corrected chi connectivity index (χ4v) is 1.48. The van der Waals surface area contributed by atoms with Gasteiger partial charge in [0.25, 0.3) is 0 Å². The zero-order valence-corrected chi connectivity index (χ0v) is 8.88. The van der Waals surface area contributed by atoms with E-state index in [4.69, 9.17) is 5.11 Å². The molecule has 0 aliphatic heterocycles. The van der Waals surface area contributed by atoms with E-state index < -0.39 is 23.4 Å². The molecule has 1 aromatic rings. The van der Waals surface area contributed by atoms with E-state index in [1.807, 2.05) is 0 Å². The van der Waals surface area contributed by atoms with Crippen molar-refractivity contribution in [3.05, 3.63) is 23.5 Å². The number of nitrogens with zero attached hydrogens (tertiary/aromatic N) is 1. The van der Waals surface area contributed by atoms with Crippen LogP contribution in [0, 0.1) is 0 Å². The molecule has 1 heterocycles. The Morgan fingerprint density at radius 2 is 2.12 bits per heavy atom. The molecule has 1 atom stereocenters. The highest BCUT2D eigenvalue weighted by atomic mass is 19.4. The highest BCUT2D eigenvalue weighted by molar-refractivity contribution is 5.89. The summed E-state index contributed by atoms with van der Waals surface area (Å²) in [6.45, 7) is 3.35. The maximum absolute atomic E-state index is 12.7. The molecule has 1 rings (SSSR count). The monoisotopic (exact) mass is 235 g/mol. The van der Waals surface area contributed by atoms with Gasteiger partial charge in [-0.25, -0.2) is 4.79 Å². The van der Waals surface area contributed by atoms with Crippen molar-refractivity contribution in [3.8, 4) is 0 Å². The maximum Gasteiger partial charge on any atom is 0.432 e. The molecule has 0 spiro atoms. The van der Waals surface area contributed by atoms with Crippen LogP contribution in [0.25, 0.3) is 0 Å². The number of carbonyl (C=O) groups is 1. The van der Waals surface area contributed by atoms with Crippen LogP contribution in [0.1, 0.15) is 42.4 Å². The SMILES string of the molecule is CCC(C)n1ccc(C(=O)O)c1C(F)(F)F. The number of carboxylic acid groups (broad SMARTS) is 1. The van der Waals surface area contributed by atoms with Crippen LogP contribution in [0.3, 0.4) is 0 Å². The summed E-state index contributed by atoms with van der Waals surface area (Å²) in [5.41, 5.74) is -1.79. The van der Waals surface area contributed by atoms with Gasteiger partial charge in [0.05, 0.1) is 5.56 Å². The Labute approximate surface area is 90.5 Å². The highest BCUT2D eigenvalue weighted by Crippen LogP contribution is 2.35. The van der Waals surface area contributed by atoms with Gasteiger partial charge in [0, 0.05) is 12.2 Å². The lowest BCUT2D eigenvalue weighted by Crippen LogP contribution is -2.19. The summed E-state index contributed by atoms with van der Waals surface area (Å²) in [7, 11) is 0. The maximum atomic E-state index is 12.7. The van der Waals surface area contributed by atoms with Gasteiger partial charge in [-0.05, 0) is 19.4 Å². The average molecular weight is 235 g/mol. The molecule has 0 fully saturated rings. The molecule has 0 radical (unpaired) electrons. The number of alkyl halides is 3. The molecule has 0 aliphatic carbocycles. The number of hydrogen-bond donors (Lipinski definition) is 1. The third-order valence-electron chi connectivity index (χ3n) is 2.48. The van der Waals surface area contributed by atoms with Gasteiger partial charge < -0.3 is 9.67 Å². The van der Waals surface area contributed by atoms with Crippen LogP contribution >= 0.6 is 0 Å². The topological polar surface area (TPSA) is 42.2 Å². The van der Waals surface area contributed by atoms with Crippen molar-refractivity contribution in [2.24, 2.45) is 0 Å². The lowest BCUT2D eigenvalue weighted by molar-refractivity contribution is -0.144. The van der Waals surface area contributed by atoms with Gasteiger partial charge in [-0.2, -0.15) is 13.2 Å². The zero-order valence-electron chi connectivity index (χ0n) is 8.88. The fraction of sp³-hybridized carbons (Fsp3) is 0.500. The first-order valence-electron chi connectivity index (χ1n) is 4.80. The minimum absolute atomic E-state index is 0.385. The van der Waals surface area contributed by atoms with E-state index in [0.717, 1.165) is 10.6 Å². The lowest BCUT2D eigenvalue weighted by atomic mass is 10.2. The summed E-state index contributed by atoms with van der Waals surface area (Å²) < 4.78 is 39.1. The Hall–Kier alpha value is -1.46. The highest BCUT2D eigenvalue weighted by Gasteiger charge is 2.39. The molecular weight excluding hydrogens is 223 g/mol. The number of aromatic carboxylic acids is 1. The van der Waals surface area contributed by atoms with Crippen molar-refractivity contribution >= 4 is 5.97 Å². The number of carboxylic acids is 1. The van der Waals surface area contributed by atoms with Gasteiger partial charge in [0.15, 0.2) is 0 Å². The van der Waals surface area contributed by atoms with E-state index in [1.165, 1.54) is 6.20 Å². The standard InChI is InChI=1S/C10H12F3NO2/c1-3-6(2)14-5-4-7(9(15)16)8(14)10(11,12)13/h4-6H,3H2,1-2H3,(H,15,16). The second kappa shape index (κ2) is 4.19. The van der Waals surface area contributed by atoms with Crippen molar-refractivity contribution in [1.82, 2.24) is 4.57 Å². The van der Waals surface area contributed by atoms with Crippen LogP contribution in [0.15, 0.2) is 12.3 Å². The van der Waals surface area contributed by atoms with E-state index in [1.54, 1.807) is 13.8 Å². The predicted octanol–water partition coefficient (Wildman–Crippen LogP) is 3.18. The molecule has 1 aromatic heterocycles. The Balaban J connectivity index is 3.37. The number of aromatic nitrogens is 1. The zero-order chi connectivity index (χ0) is 12.5. The van der Waals surface area contributed by atoms with Gasteiger partial charge in [-0.15, -0.1) is 0 Å². The van der Waals surface area contributed by atoms with E-state index in [0.29, 0.717) is 6.42 Å². The molecule has 1 unspecified atom stereocenters. The van der Waals surface area contributed by atoms with E-state index in [-0.39, 0.29) is 6.04 Å². The molecule has 0 aliphatic rings. The van der Waals surface area contributed by atoms with Crippen molar-refractivity contribution in [1.29, 1.82) is 0 Å². The Bertz CT molecular complexity index is 395. The molecular formula is C10H12F3NO2. The summed E-state index contributed by atoms with van der Waals surface area (Å²) in [4.78, 5) is 10.7. The van der Waals surface area contributed by atoms with Crippen LogP contribution in [0.5, 0.6) is 0 Å². The van der Waals surface area contributed by atoms with Crippen molar-refractivity contribution in [2.45, 2.75) is 32.5 Å². The molecule has 0 aromatic carbocycles. The summed E-state index contributed by atoms with van der Waals surface area (Å²) in [5, 5.41) is 8.68. The van der Waals surface area contributed by atoms with Crippen molar-refractivity contribution < 1.29 is 23.1 Å². The first kappa shape index (κ1) is 12.6. The molecule has 3 nitrogen and oxygen atoms in total. The molecule has 1 N–H and O–H groups in total. The third-order valence-corrected chi connectivity index (χ3v) is 2.48. The van der Waals surface area contributed by atoms with Gasteiger partial charge in [-0.1, -0.05) is 6.92 Å². The predicted molar refractivity (Wildman–Crippen MR) is 51.4 cm³/mol. The third kappa shape index (κ3) is 2.20. The fourth-order valence-electron chi connectivity index (χ4n) is 1.48. The van der Waals surface area contributed by atoms with Crippen LogP contribution in [-0.4, -0.2) is 15.6 Å². The first-order valence-corrected chi connectivity index (χ1v) is 4.80. The van der Waals surface area contributed by atoms with E-state index >= 15 is 0 Å². The molecule has 90 valence electrons. The van der Waals surface area contributed by atoms with Crippen molar-refractivity contribution in [2.75, 3.05) is 0 Å². The van der Waals surface area contributed by atoms with E-state index in [2.05, 4.69) is 0 Å². The Morgan fingerprint density at radius 3 is 2.50 bits per heavy atom. The molecule has 0 saturated heterocycles. The van der Waals surface area contributed by atoms with Crippen molar-refractivity contribution in [3.63, 3.8) is 0 Å². The lowest BCUT2D eigenvalue weighted by Gasteiger charge is -2.18. The van der Waals surface area contributed by atoms with Crippen LogP contribution in [0.4, 0.5) is 13.2 Å². The smallest absolute Gasteiger partial charge is 0.432 e. The minimum atomic E-state index is -4.65. The normalized spacial score (nSPS) is 13.8. The quantitative estimate of drug-likeness (QED) is 0.874. The summed E-state index contributed by atoms with van der Waals surface area (Å²) in [6.07, 6.45) is -2.99. The summed E-state index contributed by atoms with van der Waals surface area (Å²) >= 11 is 0. The summed E-state index contributed by atoms with van der Waals surface area (Å²) in [6, 6.07) is 0.599. The second-order valence-corrected chi connectivity index (χ2v) is 3.55. The molecule has 0 bridgehead atoms.